The van der Waals surface area contributed by atoms with Crippen molar-refractivity contribution in [1.29, 1.82) is 0 Å². The number of rotatable bonds is 2. The van der Waals surface area contributed by atoms with Crippen molar-refractivity contribution in [2.45, 2.75) is 45.3 Å². The second-order valence-corrected chi connectivity index (χ2v) is 4.61. The minimum Gasteiger partial charge on any atom is -0.377 e. The maximum absolute atomic E-state index is 5.89. The Morgan fingerprint density at radius 1 is 1.58 bits per heavy atom. The largest absolute Gasteiger partial charge is 0.377 e. The first-order valence-corrected chi connectivity index (χ1v) is 5.05. The van der Waals surface area contributed by atoms with Crippen molar-refractivity contribution >= 4 is 0 Å². The van der Waals surface area contributed by atoms with E-state index in [1.807, 2.05) is 0 Å². The van der Waals surface area contributed by atoms with Crippen LogP contribution >= 0.6 is 0 Å². The number of hydrogen-bond acceptors (Lipinski definition) is 2. The molecule has 0 bridgehead atoms. The Morgan fingerprint density at radius 3 is 2.67 bits per heavy atom. The van der Waals surface area contributed by atoms with Crippen LogP contribution < -0.4 is 5.73 Å². The van der Waals surface area contributed by atoms with Gasteiger partial charge in [-0.15, -0.1) is 0 Å². The third-order valence-electron chi connectivity index (χ3n) is 3.72. The fourth-order valence-corrected chi connectivity index (χ4v) is 2.20. The Bertz CT molecular complexity index is 183. The van der Waals surface area contributed by atoms with E-state index < -0.39 is 0 Å². The highest BCUT2D eigenvalue weighted by molar-refractivity contribution is 5.10. The predicted octanol–water partition coefficient (Wildman–Crippen LogP) is 1.54. The summed E-state index contributed by atoms with van der Waals surface area (Å²) in [6, 6.07) is 0.437. The summed E-state index contributed by atoms with van der Waals surface area (Å²) in [4.78, 5) is 0. The number of nitrogens with two attached hydrogens (primary N) is 1. The smallest absolute Gasteiger partial charge is 0.0607 e. The third-order valence-corrected chi connectivity index (χ3v) is 3.72. The van der Waals surface area contributed by atoms with E-state index in [2.05, 4.69) is 13.8 Å². The summed E-state index contributed by atoms with van der Waals surface area (Å²) >= 11 is 0. The summed E-state index contributed by atoms with van der Waals surface area (Å²) in [5, 5.41) is 0. The van der Waals surface area contributed by atoms with E-state index in [1.54, 1.807) is 0 Å². The minimum atomic E-state index is 0.411. The normalized spacial score (nSPS) is 48.2. The van der Waals surface area contributed by atoms with E-state index in [0.29, 0.717) is 23.5 Å². The lowest BCUT2D eigenvalue weighted by molar-refractivity contribution is 0.0648. The number of ether oxygens (including phenoxy) is 1. The van der Waals surface area contributed by atoms with Crippen LogP contribution in [0.5, 0.6) is 0 Å². The molecule has 2 N–H and O–H groups in total. The summed E-state index contributed by atoms with van der Waals surface area (Å²) in [6.45, 7) is 5.42. The fraction of sp³-hybridized carbons (Fsp3) is 1.00. The van der Waals surface area contributed by atoms with Crippen LogP contribution in [0, 0.1) is 11.3 Å². The summed E-state index contributed by atoms with van der Waals surface area (Å²) in [6.07, 6.45) is 4.11. The average Bonchev–Trinajstić information content (AvgIpc) is 2.48. The molecule has 1 aliphatic carbocycles. The molecule has 0 radical (unpaired) electrons. The molecule has 1 saturated carbocycles. The van der Waals surface area contributed by atoms with Crippen molar-refractivity contribution in [1.82, 2.24) is 0 Å². The first-order chi connectivity index (χ1) is 5.68. The Morgan fingerprint density at radius 2 is 2.25 bits per heavy atom. The maximum atomic E-state index is 5.89. The van der Waals surface area contributed by atoms with Crippen molar-refractivity contribution in [2.75, 3.05) is 6.61 Å². The molecule has 1 unspecified atom stereocenters. The van der Waals surface area contributed by atoms with E-state index in [0.717, 1.165) is 6.61 Å². The van der Waals surface area contributed by atoms with E-state index in [4.69, 9.17) is 10.5 Å². The molecule has 2 rings (SSSR count). The quantitative estimate of drug-likeness (QED) is 0.680. The molecular weight excluding hydrogens is 150 g/mol. The van der Waals surface area contributed by atoms with Gasteiger partial charge in [0, 0.05) is 11.5 Å². The lowest BCUT2D eigenvalue weighted by atomic mass is 9.93. The van der Waals surface area contributed by atoms with Gasteiger partial charge in [-0.05, 0) is 18.8 Å². The molecule has 2 aliphatic rings. The number of hydrogen-bond donors (Lipinski definition) is 1. The molecule has 2 heteroatoms. The Hall–Kier alpha value is -0.0800. The van der Waals surface area contributed by atoms with Crippen LogP contribution in [0.4, 0.5) is 0 Å². The molecule has 12 heavy (non-hydrogen) atoms. The highest BCUT2D eigenvalue weighted by atomic mass is 16.5. The SMILES string of the molecule is CC[C@@H](C)[C@H]1C[C@@]2(CO1)CC2N. The molecule has 70 valence electrons. The van der Waals surface area contributed by atoms with Gasteiger partial charge >= 0.3 is 0 Å². The molecule has 2 nitrogen and oxygen atoms in total. The van der Waals surface area contributed by atoms with Crippen molar-refractivity contribution in [3.8, 4) is 0 Å². The molecule has 1 saturated heterocycles. The first-order valence-electron chi connectivity index (χ1n) is 5.05. The second-order valence-electron chi connectivity index (χ2n) is 4.61. The Balaban J connectivity index is 1.90. The summed E-state index contributed by atoms with van der Waals surface area (Å²) in [5.41, 5.74) is 6.30. The highest BCUT2D eigenvalue weighted by Crippen LogP contribution is 2.53. The molecule has 1 heterocycles. The average molecular weight is 169 g/mol. The molecule has 0 aromatic rings. The van der Waals surface area contributed by atoms with E-state index in [9.17, 15) is 0 Å². The van der Waals surface area contributed by atoms with Gasteiger partial charge in [-0.1, -0.05) is 20.3 Å². The van der Waals surface area contributed by atoms with Crippen LogP contribution in [-0.2, 0) is 4.74 Å². The van der Waals surface area contributed by atoms with Gasteiger partial charge in [0.15, 0.2) is 0 Å². The van der Waals surface area contributed by atoms with Gasteiger partial charge in [0.05, 0.1) is 12.7 Å². The third kappa shape index (κ3) is 1.17. The monoisotopic (exact) mass is 169 g/mol. The van der Waals surface area contributed by atoms with Gasteiger partial charge in [0.25, 0.3) is 0 Å². The Kier molecular flexibility index (Phi) is 1.92. The summed E-state index contributed by atoms with van der Waals surface area (Å²) in [7, 11) is 0. The van der Waals surface area contributed by atoms with Crippen molar-refractivity contribution in [3.05, 3.63) is 0 Å². The lowest BCUT2D eigenvalue weighted by Crippen LogP contribution is -2.17. The fourth-order valence-electron chi connectivity index (χ4n) is 2.20. The Labute approximate surface area is 74.5 Å². The van der Waals surface area contributed by atoms with E-state index >= 15 is 0 Å². The van der Waals surface area contributed by atoms with E-state index in [1.165, 1.54) is 19.3 Å². The van der Waals surface area contributed by atoms with Crippen molar-refractivity contribution in [2.24, 2.45) is 17.1 Å². The maximum Gasteiger partial charge on any atom is 0.0607 e. The predicted molar refractivity (Wildman–Crippen MR) is 48.8 cm³/mol. The van der Waals surface area contributed by atoms with Crippen LogP contribution in [0.1, 0.15) is 33.1 Å². The molecule has 0 aromatic heterocycles. The van der Waals surface area contributed by atoms with Crippen LogP contribution in [0.3, 0.4) is 0 Å². The minimum absolute atomic E-state index is 0.411. The molecule has 0 amide bonds. The van der Waals surface area contributed by atoms with Crippen LogP contribution in [-0.4, -0.2) is 18.8 Å². The zero-order chi connectivity index (χ0) is 8.77. The zero-order valence-electron chi connectivity index (χ0n) is 8.05. The van der Waals surface area contributed by atoms with Gasteiger partial charge in [0.1, 0.15) is 0 Å². The van der Waals surface area contributed by atoms with Gasteiger partial charge in [-0.2, -0.15) is 0 Å². The summed E-state index contributed by atoms with van der Waals surface area (Å²) in [5.74, 6) is 0.706. The molecular formula is C10H19NO. The highest BCUT2D eigenvalue weighted by Gasteiger charge is 2.57. The van der Waals surface area contributed by atoms with Crippen molar-refractivity contribution in [3.63, 3.8) is 0 Å². The molecule has 1 aliphatic heterocycles. The van der Waals surface area contributed by atoms with Gasteiger partial charge in [0.2, 0.25) is 0 Å². The van der Waals surface area contributed by atoms with Gasteiger partial charge in [-0.3, -0.25) is 0 Å². The summed E-state index contributed by atoms with van der Waals surface area (Å²) < 4.78 is 5.77. The zero-order valence-corrected chi connectivity index (χ0v) is 8.05. The molecule has 0 aromatic carbocycles. The van der Waals surface area contributed by atoms with E-state index in [-0.39, 0.29) is 0 Å². The van der Waals surface area contributed by atoms with Gasteiger partial charge < -0.3 is 10.5 Å². The lowest BCUT2D eigenvalue weighted by Gasteiger charge is -2.16. The first kappa shape index (κ1) is 8.52. The topological polar surface area (TPSA) is 35.2 Å². The van der Waals surface area contributed by atoms with Crippen LogP contribution in [0.25, 0.3) is 0 Å². The standard InChI is InChI=1S/C10H19NO/c1-3-7(2)8-4-10(6-12-8)5-9(10)11/h7-9H,3-6,11H2,1-2H3/t7-,8-,9?,10+/m1/s1. The van der Waals surface area contributed by atoms with Crippen LogP contribution in [0.15, 0.2) is 0 Å². The molecule has 2 fully saturated rings. The second kappa shape index (κ2) is 2.71. The molecule has 1 spiro atoms. The van der Waals surface area contributed by atoms with Crippen molar-refractivity contribution < 1.29 is 4.74 Å². The van der Waals surface area contributed by atoms with Gasteiger partial charge in [-0.25, -0.2) is 0 Å². The van der Waals surface area contributed by atoms with Crippen LogP contribution in [0.2, 0.25) is 0 Å². The molecule has 4 atom stereocenters.